The molecule has 1 aromatic heterocycles. The first-order valence-electron chi connectivity index (χ1n) is 8.31. The minimum Gasteiger partial charge on any atom is -0.496 e. The van der Waals surface area contributed by atoms with Gasteiger partial charge in [0.2, 0.25) is 5.91 Å². The number of carbonyl (C=O) groups is 1. The third-order valence-corrected chi connectivity index (χ3v) is 4.65. The first-order chi connectivity index (χ1) is 12.2. The van der Waals surface area contributed by atoms with Gasteiger partial charge in [0, 0.05) is 17.5 Å². The maximum absolute atomic E-state index is 12.6. The average Bonchev–Trinajstić information content (AvgIpc) is 3.28. The Balaban J connectivity index is 1.48. The summed E-state index contributed by atoms with van der Waals surface area (Å²) in [7, 11) is 1.63. The van der Waals surface area contributed by atoms with Crippen LogP contribution in [0.25, 0.3) is 11.3 Å². The number of anilines is 1. The Labute approximate surface area is 146 Å². The van der Waals surface area contributed by atoms with E-state index in [2.05, 4.69) is 27.6 Å². The molecule has 0 saturated carbocycles. The summed E-state index contributed by atoms with van der Waals surface area (Å²) in [4.78, 5) is 12.6. The number of nitrogens with zero attached hydrogens (tertiary/aromatic N) is 1. The number of aromatic amines is 1. The van der Waals surface area contributed by atoms with Crippen molar-refractivity contribution in [2.24, 2.45) is 5.92 Å². The first-order valence-corrected chi connectivity index (χ1v) is 8.31. The predicted octanol–water partition coefficient (Wildman–Crippen LogP) is 3.44. The molecular formula is C20H19N3O2. The van der Waals surface area contributed by atoms with E-state index in [1.165, 1.54) is 11.1 Å². The van der Waals surface area contributed by atoms with E-state index in [4.69, 9.17) is 4.74 Å². The van der Waals surface area contributed by atoms with Gasteiger partial charge in [0.25, 0.3) is 0 Å². The Morgan fingerprint density at radius 3 is 2.52 bits per heavy atom. The number of benzene rings is 2. The fourth-order valence-electron chi connectivity index (χ4n) is 3.36. The van der Waals surface area contributed by atoms with Crippen molar-refractivity contribution >= 4 is 11.7 Å². The number of ether oxygens (including phenoxy) is 1. The third kappa shape index (κ3) is 3.01. The maximum Gasteiger partial charge on any atom is 0.229 e. The number of carbonyl (C=O) groups excluding carboxylic acids is 1. The summed E-state index contributed by atoms with van der Waals surface area (Å²) < 4.78 is 5.37. The van der Waals surface area contributed by atoms with Crippen LogP contribution in [0.3, 0.4) is 0 Å². The van der Waals surface area contributed by atoms with Crippen molar-refractivity contribution in [3.8, 4) is 17.0 Å². The van der Waals surface area contributed by atoms with Crippen LogP contribution in [-0.2, 0) is 17.6 Å². The smallest absolute Gasteiger partial charge is 0.229 e. The van der Waals surface area contributed by atoms with Gasteiger partial charge in [-0.05, 0) is 36.1 Å². The number of rotatable bonds is 4. The average molecular weight is 333 g/mol. The fourth-order valence-corrected chi connectivity index (χ4v) is 3.36. The number of nitrogens with one attached hydrogen (secondary N) is 2. The molecule has 0 bridgehead atoms. The van der Waals surface area contributed by atoms with Gasteiger partial charge in [0.15, 0.2) is 5.82 Å². The Hall–Kier alpha value is -3.08. The van der Waals surface area contributed by atoms with Gasteiger partial charge in [-0.2, -0.15) is 5.10 Å². The van der Waals surface area contributed by atoms with E-state index in [1.54, 1.807) is 7.11 Å². The van der Waals surface area contributed by atoms with Crippen LogP contribution in [0.15, 0.2) is 54.6 Å². The lowest BCUT2D eigenvalue weighted by Crippen LogP contribution is -2.23. The van der Waals surface area contributed by atoms with Gasteiger partial charge in [-0.3, -0.25) is 9.89 Å². The number of hydrogen-bond acceptors (Lipinski definition) is 3. The summed E-state index contributed by atoms with van der Waals surface area (Å²) in [5.41, 5.74) is 4.24. The van der Waals surface area contributed by atoms with E-state index in [9.17, 15) is 4.79 Å². The van der Waals surface area contributed by atoms with Crippen LogP contribution in [0.5, 0.6) is 5.75 Å². The fraction of sp³-hybridized carbons (Fsp3) is 0.200. The largest absolute Gasteiger partial charge is 0.496 e. The molecule has 5 heteroatoms. The van der Waals surface area contributed by atoms with Gasteiger partial charge in [0.1, 0.15) is 5.75 Å². The Morgan fingerprint density at radius 2 is 1.80 bits per heavy atom. The van der Waals surface area contributed by atoms with Crippen molar-refractivity contribution in [3.63, 3.8) is 0 Å². The molecule has 1 aliphatic rings. The van der Waals surface area contributed by atoms with Crippen molar-refractivity contribution in [2.75, 3.05) is 12.4 Å². The van der Waals surface area contributed by atoms with Crippen LogP contribution in [0.1, 0.15) is 11.1 Å². The Kier molecular flexibility index (Phi) is 3.98. The molecule has 1 heterocycles. The summed E-state index contributed by atoms with van der Waals surface area (Å²) in [5, 5.41) is 10.1. The van der Waals surface area contributed by atoms with E-state index in [1.807, 2.05) is 42.5 Å². The molecule has 2 aromatic carbocycles. The van der Waals surface area contributed by atoms with Crippen LogP contribution >= 0.6 is 0 Å². The van der Waals surface area contributed by atoms with Gasteiger partial charge in [-0.1, -0.05) is 36.4 Å². The number of para-hydroxylation sites is 1. The van der Waals surface area contributed by atoms with Crippen LogP contribution in [0, 0.1) is 5.92 Å². The minimum absolute atomic E-state index is 0.00859. The Bertz CT molecular complexity index is 892. The molecule has 3 aromatic rings. The molecule has 25 heavy (non-hydrogen) atoms. The SMILES string of the molecule is COc1ccccc1-c1cc(NC(=O)C2Cc3ccccc3C2)n[nH]1. The van der Waals surface area contributed by atoms with E-state index < -0.39 is 0 Å². The lowest BCUT2D eigenvalue weighted by atomic mass is 10.1. The van der Waals surface area contributed by atoms with Crippen LogP contribution in [0.4, 0.5) is 5.82 Å². The predicted molar refractivity (Wildman–Crippen MR) is 96.5 cm³/mol. The number of hydrogen-bond donors (Lipinski definition) is 2. The zero-order valence-electron chi connectivity index (χ0n) is 14.0. The number of methoxy groups -OCH3 is 1. The molecule has 1 aliphatic carbocycles. The zero-order chi connectivity index (χ0) is 17.2. The number of H-pyrrole nitrogens is 1. The molecule has 0 saturated heterocycles. The topological polar surface area (TPSA) is 67.0 Å². The molecule has 2 N–H and O–H groups in total. The summed E-state index contributed by atoms with van der Waals surface area (Å²) in [6, 6.07) is 17.8. The monoisotopic (exact) mass is 333 g/mol. The molecule has 0 radical (unpaired) electrons. The number of aromatic nitrogens is 2. The van der Waals surface area contributed by atoms with Crippen LogP contribution in [-0.4, -0.2) is 23.2 Å². The highest BCUT2D eigenvalue weighted by Crippen LogP contribution is 2.30. The summed E-state index contributed by atoms with van der Waals surface area (Å²) in [6.45, 7) is 0. The number of amides is 1. The second-order valence-electron chi connectivity index (χ2n) is 6.23. The molecule has 0 fully saturated rings. The molecule has 5 nitrogen and oxygen atoms in total. The molecule has 0 aliphatic heterocycles. The zero-order valence-corrected chi connectivity index (χ0v) is 14.0. The lowest BCUT2D eigenvalue weighted by Gasteiger charge is -2.08. The quantitative estimate of drug-likeness (QED) is 0.768. The van der Waals surface area contributed by atoms with Crippen molar-refractivity contribution in [3.05, 3.63) is 65.7 Å². The van der Waals surface area contributed by atoms with Gasteiger partial charge in [-0.25, -0.2) is 0 Å². The maximum atomic E-state index is 12.6. The standard InChI is InChI=1S/C20H19N3O2/c1-25-18-9-5-4-8-16(18)17-12-19(23-22-17)21-20(24)15-10-13-6-2-3-7-14(13)11-15/h2-9,12,15H,10-11H2,1H3,(H2,21,22,23,24). The molecule has 1 amide bonds. The Morgan fingerprint density at radius 1 is 1.12 bits per heavy atom. The van der Waals surface area contributed by atoms with Crippen LogP contribution < -0.4 is 10.1 Å². The van der Waals surface area contributed by atoms with Gasteiger partial charge >= 0.3 is 0 Å². The normalized spacial score (nSPS) is 13.5. The molecule has 126 valence electrons. The van der Waals surface area contributed by atoms with Crippen LogP contribution in [0.2, 0.25) is 0 Å². The molecule has 0 atom stereocenters. The third-order valence-electron chi connectivity index (χ3n) is 4.65. The van der Waals surface area contributed by atoms with Crippen molar-refractivity contribution < 1.29 is 9.53 Å². The van der Waals surface area contributed by atoms with E-state index in [0.29, 0.717) is 5.82 Å². The second-order valence-corrected chi connectivity index (χ2v) is 6.23. The first kappa shape index (κ1) is 15.4. The van der Waals surface area contributed by atoms with E-state index in [0.717, 1.165) is 29.8 Å². The van der Waals surface area contributed by atoms with Gasteiger partial charge in [0.05, 0.1) is 12.8 Å². The summed E-state index contributed by atoms with van der Waals surface area (Å²) >= 11 is 0. The van der Waals surface area contributed by atoms with Gasteiger partial charge in [-0.15, -0.1) is 0 Å². The highest BCUT2D eigenvalue weighted by molar-refractivity contribution is 5.93. The van der Waals surface area contributed by atoms with Crippen molar-refractivity contribution in [2.45, 2.75) is 12.8 Å². The molecule has 4 rings (SSSR count). The van der Waals surface area contributed by atoms with Gasteiger partial charge < -0.3 is 10.1 Å². The van der Waals surface area contributed by atoms with Crippen molar-refractivity contribution in [1.29, 1.82) is 0 Å². The second kappa shape index (κ2) is 6.43. The lowest BCUT2D eigenvalue weighted by molar-refractivity contribution is -0.119. The van der Waals surface area contributed by atoms with E-state index in [-0.39, 0.29) is 11.8 Å². The molecular weight excluding hydrogens is 314 g/mol. The molecule has 0 unspecified atom stereocenters. The molecule has 0 spiro atoms. The summed E-state index contributed by atoms with van der Waals surface area (Å²) in [5.74, 6) is 1.26. The van der Waals surface area contributed by atoms with E-state index >= 15 is 0 Å². The highest BCUT2D eigenvalue weighted by atomic mass is 16.5. The number of fused-ring (bicyclic) bond motifs is 1. The van der Waals surface area contributed by atoms with Crippen molar-refractivity contribution in [1.82, 2.24) is 10.2 Å². The summed E-state index contributed by atoms with van der Waals surface area (Å²) in [6.07, 6.45) is 1.57. The minimum atomic E-state index is -0.0381. The highest BCUT2D eigenvalue weighted by Gasteiger charge is 2.27.